The molecule has 0 fully saturated rings. The maximum Gasteiger partial charge on any atom is 0.338 e. The summed E-state index contributed by atoms with van der Waals surface area (Å²) in [6.45, 7) is 0.915. The van der Waals surface area contributed by atoms with E-state index in [1.807, 2.05) is 0 Å². The summed E-state index contributed by atoms with van der Waals surface area (Å²) >= 11 is 7.34. The van der Waals surface area contributed by atoms with Gasteiger partial charge in [0.15, 0.2) is 16.7 Å². The van der Waals surface area contributed by atoms with Crippen molar-refractivity contribution in [2.75, 3.05) is 13.2 Å². The van der Waals surface area contributed by atoms with Crippen LogP contribution in [0.15, 0.2) is 46.7 Å². The van der Waals surface area contributed by atoms with E-state index in [4.69, 9.17) is 25.8 Å². The van der Waals surface area contributed by atoms with Crippen molar-refractivity contribution in [3.8, 4) is 11.5 Å². The van der Waals surface area contributed by atoms with Crippen LogP contribution in [0.5, 0.6) is 11.5 Å². The Morgan fingerprint density at radius 3 is 2.88 bits per heavy atom. The number of aryl methyl sites for hydroxylation is 1. The van der Waals surface area contributed by atoms with Crippen molar-refractivity contribution >= 4 is 35.0 Å². The van der Waals surface area contributed by atoms with Gasteiger partial charge in [-0.25, -0.2) is 4.79 Å². The van der Waals surface area contributed by atoms with Gasteiger partial charge in [0, 0.05) is 19.5 Å². The fourth-order valence-electron chi connectivity index (χ4n) is 2.94. The minimum absolute atomic E-state index is 0.0551. The number of nitro groups is 1. The van der Waals surface area contributed by atoms with E-state index in [2.05, 4.69) is 10.2 Å². The first-order valence-corrected chi connectivity index (χ1v) is 10.7. The number of esters is 1. The first-order valence-electron chi connectivity index (χ1n) is 9.48. The molecular formula is C20H17ClN4O6S. The predicted molar refractivity (Wildman–Crippen MR) is 114 cm³/mol. The number of benzene rings is 2. The van der Waals surface area contributed by atoms with Crippen LogP contribution in [0.1, 0.15) is 22.3 Å². The van der Waals surface area contributed by atoms with Crippen LogP contribution in [-0.2, 0) is 18.4 Å². The van der Waals surface area contributed by atoms with Crippen LogP contribution >= 0.6 is 23.4 Å². The number of hydrogen-bond donors (Lipinski definition) is 0. The molecule has 12 heteroatoms. The lowest BCUT2D eigenvalue weighted by Gasteiger charge is -2.12. The van der Waals surface area contributed by atoms with Crippen molar-refractivity contribution < 1.29 is 23.9 Å². The van der Waals surface area contributed by atoms with Gasteiger partial charge in [-0.2, -0.15) is 0 Å². The number of ether oxygens (including phenoxy) is 3. The molecule has 32 heavy (non-hydrogen) atoms. The van der Waals surface area contributed by atoms with Gasteiger partial charge in [0.1, 0.15) is 12.9 Å². The van der Waals surface area contributed by atoms with Gasteiger partial charge in [0.05, 0.1) is 33.6 Å². The summed E-state index contributed by atoms with van der Waals surface area (Å²) in [5.74, 6) is 0.249. The third-order valence-corrected chi connectivity index (χ3v) is 5.89. The second-order valence-corrected chi connectivity index (χ2v) is 8.21. The lowest BCUT2D eigenvalue weighted by molar-refractivity contribution is -0.387. The van der Waals surface area contributed by atoms with Gasteiger partial charge in [-0.1, -0.05) is 11.6 Å². The molecule has 0 bridgehead atoms. The fourth-order valence-corrected chi connectivity index (χ4v) is 4.07. The Morgan fingerprint density at radius 2 is 2.12 bits per heavy atom. The molecule has 2 heterocycles. The van der Waals surface area contributed by atoms with Crippen molar-refractivity contribution in [2.24, 2.45) is 7.05 Å². The second kappa shape index (κ2) is 9.45. The average Bonchev–Trinajstić information content (AvgIpc) is 3.02. The first-order chi connectivity index (χ1) is 15.4. The third kappa shape index (κ3) is 4.78. The van der Waals surface area contributed by atoms with Crippen LogP contribution in [0.25, 0.3) is 0 Å². The molecule has 0 radical (unpaired) electrons. The highest BCUT2D eigenvalue weighted by molar-refractivity contribution is 7.99. The minimum Gasteiger partial charge on any atom is -0.489 e. The van der Waals surface area contributed by atoms with Gasteiger partial charge in [-0.3, -0.25) is 10.1 Å². The zero-order chi connectivity index (χ0) is 22.7. The Bertz CT molecular complexity index is 1180. The molecule has 3 aromatic rings. The molecule has 1 aliphatic heterocycles. The van der Waals surface area contributed by atoms with Crippen LogP contribution in [-0.4, -0.2) is 38.9 Å². The molecule has 0 aliphatic carbocycles. The van der Waals surface area contributed by atoms with Gasteiger partial charge >= 0.3 is 5.97 Å². The Morgan fingerprint density at radius 1 is 1.31 bits per heavy atom. The molecule has 1 aliphatic rings. The molecule has 0 amide bonds. The molecule has 0 atom stereocenters. The smallest absolute Gasteiger partial charge is 0.338 e. The third-order valence-electron chi connectivity index (χ3n) is 4.49. The van der Waals surface area contributed by atoms with Crippen LogP contribution in [0.3, 0.4) is 0 Å². The van der Waals surface area contributed by atoms with Gasteiger partial charge in [-0.05, 0) is 41.6 Å². The van der Waals surface area contributed by atoms with Crippen LogP contribution in [0, 0.1) is 10.1 Å². The highest BCUT2D eigenvalue weighted by Gasteiger charge is 2.21. The Hall–Kier alpha value is -3.31. The van der Waals surface area contributed by atoms with E-state index in [-0.39, 0.29) is 17.9 Å². The molecule has 0 spiro atoms. The van der Waals surface area contributed by atoms with Crippen molar-refractivity contribution in [1.82, 2.24) is 14.8 Å². The summed E-state index contributed by atoms with van der Waals surface area (Å²) in [5, 5.41) is 20.0. The Kier molecular flexibility index (Phi) is 6.47. The molecule has 0 N–H and O–H groups in total. The van der Waals surface area contributed by atoms with Crippen LogP contribution in [0.4, 0.5) is 5.69 Å². The summed E-state index contributed by atoms with van der Waals surface area (Å²) in [4.78, 5) is 23.9. The Labute approximate surface area is 191 Å². The average molecular weight is 477 g/mol. The van der Waals surface area contributed by atoms with Crippen molar-refractivity contribution in [1.29, 1.82) is 0 Å². The molecule has 0 saturated heterocycles. The van der Waals surface area contributed by atoms with Gasteiger partial charge in [-0.15, -0.1) is 10.2 Å². The molecule has 0 unspecified atom stereocenters. The zero-order valence-corrected chi connectivity index (χ0v) is 18.4. The molecule has 1 aromatic heterocycles. The number of aromatic nitrogens is 3. The number of carbonyl (C=O) groups excluding carboxylic acids is 1. The lowest BCUT2D eigenvalue weighted by Crippen LogP contribution is -2.07. The van der Waals surface area contributed by atoms with E-state index in [9.17, 15) is 14.9 Å². The summed E-state index contributed by atoms with van der Waals surface area (Å²) in [5.41, 5.74) is 0.432. The van der Waals surface area contributed by atoms with E-state index >= 15 is 0 Å². The SMILES string of the molecule is Cn1cnnc1Sc1ccc(C(=O)OCc2cc(Cl)c3c(c2)OCCCO3)cc1[N+](=O)[O-]. The molecule has 4 rings (SSSR count). The van der Waals surface area contributed by atoms with Gasteiger partial charge in [0.25, 0.3) is 5.69 Å². The van der Waals surface area contributed by atoms with E-state index in [1.54, 1.807) is 23.7 Å². The van der Waals surface area contributed by atoms with Gasteiger partial charge in [0.2, 0.25) is 0 Å². The van der Waals surface area contributed by atoms with Gasteiger partial charge < -0.3 is 18.8 Å². The number of hydrogen-bond acceptors (Lipinski definition) is 9. The normalized spacial score (nSPS) is 12.8. The molecule has 0 saturated carbocycles. The van der Waals surface area contributed by atoms with Crippen LogP contribution < -0.4 is 9.47 Å². The highest BCUT2D eigenvalue weighted by atomic mass is 35.5. The maximum atomic E-state index is 12.5. The predicted octanol–water partition coefficient (Wildman–Crippen LogP) is 4.05. The summed E-state index contributed by atoms with van der Waals surface area (Å²) < 4.78 is 18.2. The quantitative estimate of drug-likeness (QED) is 0.295. The number of carbonyl (C=O) groups is 1. The number of rotatable bonds is 6. The van der Waals surface area contributed by atoms with E-state index in [0.29, 0.717) is 45.4 Å². The van der Waals surface area contributed by atoms with Crippen LogP contribution in [0.2, 0.25) is 5.02 Å². The van der Waals surface area contributed by atoms with E-state index < -0.39 is 10.9 Å². The topological polar surface area (TPSA) is 119 Å². The number of nitrogens with zero attached hydrogens (tertiary/aromatic N) is 4. The monoisotopic (exact) mass is 476 g/mol. The number of fused-ring (bicyclic) bond motifs is 1. The molecule has 166 valence electrons. The molecular weight excluding hydrogens is 460 g/mol. The first kappa shape index (κ1) is 21.9. The Balaban J connectivity index is 1.49. The largest absolute Gasteiger partial charge is 0.489 e. The zero-order valence-electron chi connectivity index (χ0n) is 16.8. The van der Waals surface area contributed by atoms with E-state index in [0.717, 1.165) is 18.2 Å². The van der Waals surface area contributed by atoms with Crippen molar-refractivity contribution in [3.05, 3.63) is 62.9 Å². The van der Waals surface area contributed by atoms with Crippen molar-refractivity contribution in [3.63, 3.8) is 0 Å². The highest BCUT2D eigenvalue weighted by Crippen LogP contribution is 2.38. The lowest BCUT2D eigenvalue weighted by atomic mass is 10.2. The molecule has 2 aromatic carbocycles. The minimum atomic E-state index is -0.702. The standard InChI is InChI=1S/C20H17ClN4O6S/c1-24-11-22-23-20(24)32-17-4-3-13(9-15(17)25(27)28)19(26)31-10-12-7-14(21)18-16(8-12)29-5-2-6-30-18/h3-4,7-9,11H,2,5-6,10H2,1H3. The summed E-state index contributed by atoms with van der Waals surface area (Å²) in [7, 11) is 1.73. The second-order valence-electron chi connectivity index (χ2n) is 6.80. The summed E-state index contributed by atoms with van der Waals surface area (Å²) in [6, 6.07) is 7.46. The van der Waals surface area contributed by atoms with Crippen molar-refractivity contribution in [2.45, 2.75) is 23.1 Å². The van der Waals surface area contributed by atoms with E-state index in [1.165, 1.54) is 24.5 Å². The maximum absolute atomic E-state index is 12.5. The number of nitro benzene ring substituents is 1. The fraction of sp³-hybridized carbons (Fsp3) is 0.250. The number of halogens is 1. The molecule has 10 nitrogen and oxygen atoms in total. The summed E-state index contributed by atoms with van der Waals surface area (Å²) in [6.07, 6.45) is 2.23.